The minimum Gasteiger partial charge on any atom is -0.456 e. The highest BCUT2D eigenvalue weighted by Crippen LogP contribution is 2.44. The Hall–Kier alpha value is -6.21. The summed E-state index contributed by atoms with van der Waals surface area (Å²) in [5, 5.41) is 7.11. The first-order valence-corrected chi connectivity index (χ1v) is 18.5. The first kappa shape index (κ1) is 28.6. The monoisotopic (exact) mass is 687 g/mol. The smallest absolute Gasteiger partial charge is 0.165 e. The maximum atomic E-state index is 6.25. The molecule has 0 bridgehead atoms. The van der Waals surface area contributed by atoms with Gasteiger partial charge < -0.3 is 4.42 Å². The average molecular weight is 688 g/mol. The maximum Gasteiger partial charge on any atom is 0.165 e. The summed E-state index contributed by atoms with van der Waals surface area (Å²) in [7, 11) is 0. The number of para-hydroxylation sites is 1. The van der Waals surface area contributed by atoms with Gasteiger partial charge in [-0.25, -0.2) is 15.0 Å². The van der Waals surface area contributed by atoms with E-state index >= 15 is 0 Å². The van der Waals surface area contributed by atoms with Gasteiger partial charge in [0.2, 0.25) is 0 Å². The highest BCUT2D eigenvalue weighted by Gasteiger charge is 2.20. The molecule has 7 aromatic carbocycles. The predicted molar refractivity (Wildman–Crippen MR) is 215 cm³/mol. The zero-order valence-corrected chi connectivity index (χ0v) is 28.6. The molecule has 0 amide bonds. The van der Waals surface area contributed by atoms with E-state index in [9.17, 15) is 0 Å². The Kier molecular flexibility index (Phi) is 6.26. The van der Waals surface area contributed by atoms with Gasteiger partial charge in [0.1, 0.15) is 11.2 Å². The van der Waals surface area contributed by atoms with Crippen molar-refractivity contribution in [1.29, 1.82) is 0 Å². The van der Waals surface area contributed by atoms with E-state index in [1.807, 2.05) is 59.9 Å². The van der Waals surface area contributed by atoms with Crippen molar-refractivity contribution in [3.63, 3.8) is 0 Å². The number of hydrogen-bond donors (Lipinski definition) is 0. The van der Waals surface area contributed by atoms with Crippen LogP contribution in [0.15, 0.2) is 156 Å². The summed E-state index contributed by atoms with van der Waals surface area (Å²) < 4.78 is 11.3. The van der Waals surface area contributed by atoms with Gasteiger partial charge in [-0.15, -0.1) is 22.7 Å². The van der Waals surface area contributed by atoms with Crippen molar-refractivity contribution >= 4 is 85.0 Å². The van der Waals surface area contributed by atoms with Gasteiger partial charge in [-0.2, -0.15) is 0 Å². The lowest BCUT2D eigenvalue weighted by molar-refractivity contribution is 0.669. The van der Waals surface area contributed by atoms with Gasteiger partial charge in [0.25, 0.3) is 0 Å². The molecule has 0 atom stereocenters. The zero-order valence-electron chi connectivity index (χ0n) is 27.0. The minimum absolute atomic E-state index is 0.618. The van der Waals surface area contributed by atoms with Crippen molar-refractivity contribution in [2.24, 2.45) is 0 Å². The molecule has 4 heterocycles. The number of fused-ring (bicyclic) bond motifs is 9. The van der Waals surface area contributed by atoms with Crippen molar-refractivity contribution in [2.45, 2.75) is 0 Å². The molecule has 0 radical (unpaired) electrons. The molecule has 0 aliphatic heterocycles. The second kappa shape index (κ2) is 11.2. The second-order valence-electron chi connectivity index (χ2n) is 12.7. The number of thiophene rings is 2. The van der Waals surface area contributed by atoms with E-state index in [4.69, 9.17) is 19.4 Å². The number of aromatic nitrogens is 3. The molecular formula is C45H25N3OS2. The van der Waals surface area contributed by atoms with Gasteiger partial charge in [-0.05, 0) is 41.5 Å². The van der Waals surface area contributed by atoms with Crippen LogP contribution in [0.2, 0.25) is 0 Å². The van der Waals surface area contributed by atoms with Crippen molar-refractivity contribution < 1.29 is 4.42 Å². The summed E-state index contributed by atoms with van der Waals surface area (Å²) >= 11 is 3.67. The average Bonchev–Trinajstić information content (AvgIpc) is 3.89. The van der Waals surface area contributed by atoms with Gasteiger partial charge in [0, 0.05) is 67.8 Å². The quantitative estimate of drug-likeness (QED) is 0.185. The molecule has 6 heteroatoms. The summed E-state index contributed by atoms with van der Waals surface area (Å²) in [6.45, 7) is 0. The van der Waals surface area contributed by atoms with Gasteiger partial charge in [-0.1, -0.05) is 121 Å². The summed E-state index contributed by atoms with van der Waals surface area (Å²) in [6, 6.07) is 53.1. The Morgan fingerprint density at radius 2 is 0.961 bits per heavy atom. The van der Waals surface area contributed by atoms with E-state index in [1.165, 1.54) is 46.8 Å². The zero-order chi connectivity index (χ0) is 33.5. The fourth-order valence-electron chi connectivity index (χ4n) is 7.41. The van der Waals surface area contributed by atoms with Crippen LogP contribution in [0.3, 0.4) is 0 Å². The standard InChI is InChI=1S/C45H25N3OS2/c1-2-11-26(12-3-1)43-46-44(34-18-10-21-37-40(34)33-14-4-6-20-36(33)49-37)48-45(47-43)35-19-9-17-32-30-24-23-27(25-39(30)51-42(32)35)28-15-8-16-31-29-13-5-7-22-38(29)50-41(28)31/h1-25H. The maximum absolute atomic E-state index is 6.25. The van der Waals surface area contributed by atoms with Crippen LogP contribution in [0.1, 0.15) is 0 Å². The molecule has 11 rings (SSSR count). The lowest BCUT2D eigenvalue weighted by Crippen LogP contribution is -2.00. The normalized spacial score (nSPS) is 11.9. The molecule has 0 fully saturated rings. The van der Waals surface area contributed by atoms with Crippen molar-refractivity contribution in [3.8, 4) is 45.3 Å². The van der Waals surface area contributed by atoms with E-state index in [2.05, 4.69) is 103 Å². The topological polar surface area (TPSA) is 51.8 Å². The van der Waals surface area contributed by atoms with E-state index in [0.29, 0.717) is 17.5 Å². The van der Waals surface area contributed by atoms with E-state index in [0.717, 1.165) is 43.3 Å². The Labute approximate surface area is 299 Å². The summed E-state index contributed by atoms with van der Waals surface area (Å²) in [4.78, 5) is 15.4. The highest BCUT2D eigenvalue weighted by molar-refractivity contribution is 7.27. The Morgan fingerprint density at radius 3 is 1.82 bits per heavy atom. The molecule has 0 spiro atoms. The van der Waals surface area contributed by atoms with Crippen LogP contribution in [-0.4, -0.2) is 15.0 Å². The molecular weight excluding hydrogens is 663 g/mol. The Bertz CT molecular complexity index is 3160. The van der Waals surface area contributed by atoms with Crippen LogP contribution in [0.4, 0.5) is 0 Å². The van der Waals surface area contributed by atoms with Crippen molar-refractivity contribution in [3.05, 3.63) is 152 Å². The van der Waals surface area contributed by atoms with E-state index < -0.39 is 0 Å². The number of nitrogens with zero attached hydrogens (tertiary/aromatic N) is 3. The van der Waals surface area contributed by atoms with E-state index in [-0.39, 0.29) is 0 Å². The fourth-order valence-corrected chi connectivity index (χ4v) is 9.90. The van der Waals surface area contributed by atoms with Crippen LogP contribution in [-0.2, 0) is 0 Å². The molecule has 0 aliphatic carbocycles. The molecule has 0 saturated carbocycles. The molecule has 4 nitrogen and oxygen atoms in total. The molecule has 51 heavy (non-hydrogen) atoms. The van der Waals surface area contributed by atoms with Crippen LogP contribution in [0, 0.1) is 0 Å². The third kappa shape index (κ3) is 4.47. The number of rotatable bonds is 4. The van der Waals surface area contributed by atoms with E-state index in [1.54, 1.807) is 11.3 Å². The van der Waals surface area contributed by atoms with Crippen molar-refractivity contribution in [2.75, 3.05) is 0 Å². The molecule has 0 unspecified atom stereocenters. The third-order valence-corrected chi connectivity index (χ3v) is 12.2. The summed E-state index contributed by atoms with van der Waals surface area (Å²) in [6.07, 6.45) is 0. The van der Waals surface area contributed by atoms with Gasteiger partial charge in [0.15, 0.2) is 17.5 Å². The lowest BCUT2D eigenvalue weighted by atomic mass is 10.0. The Balaban J connectivity index is 1.12. The molecule has 4 aromatic heterocycles. The first-order valence-electron chi connectivity index (χ1n) is 16.9. The number of furan rings is 1. The number of benzene rings is 7. The lowest BCUT2D eigenvalue weighted by Gasteiger charge is -2.10. The van der Waals surface area contributed by atoms with Gasteiger partial charge >= 0.3 is 0 Å². The summed E-state index contributed by atoms with van der Waals surface area (Å²) in [5.74, 6) is 1.90. The first-order chi connectivity index (χ1) is 25.3. The van der Waals surface area contributed by atoms with Gasteiger partial charge in [0.05, 0.1) is 0 Å². The van der Waals surface area contributed by atoms with Crippen LogP contribution >= 0.6 is 22.7 Å². The fraction of sp³-hybridized carbons (Fsp3) is 0. The van der Waals surface area contributed by atoms with Gasteiger partial charge in [-0.3, -0.25) is 0 Å². The molecule has 0 N–H and O–H groups in total. The number of hydrogen-bond acceptors (Lipinski definition) is 6. The Morgan fingerprint density at radius 1 is 0.373 bits per heavy atom. The highest BCUT2D eigenvalue weighted by atomic mass is 32.1. The SMILES string of the molecule is c1ccc(-c2nc(-c3cccc4c3sc3cc(-c5cccc6c5sc5ccccc56)ccc34)nc(-c3cccc4oc5ccccc5c34)n2)cc1. The molecule has 11 aromatic rings. The molecule has 0 saturated heterocycles. The summed E-state index contributed by atoms with van der Waals surface area (Å²) in [5.41, 5.74) is 7.00. The predicted octanol–water partition coefficient (Wildman–Crippen LogP) is 13.2. The largest absolute Gasteiger partial charge is 0.456 e. The van der Waals surface area contributed by atoms with Crippen molar-refractivity contribution in [1.82, 2.24) is 15.0 Å². The minimum atomic E-state index is 0.618. The third-order valence-electron chi connectivity index (χ3n) is 9.77. The van der Waals surface area contributed by atoms with Crippen LogP contribution in [0.5, 0.6) is 0 Å². The second-order valence-corrected chi connectivity index (χ2v) is 14.8. The molecule has 238 valence electrons. The molecule has 0 aliphatic rings. The van der Waals surface area contributed by atoms with Crippen LogP contribution < -0.4 is 0 Å². The van der Waals surface area contributed by atoms with Crippen LogP contribution in [0.25, 0.3) is 108 Å².